The maximum absolute atomic E-state index is 11.6. The van der Waals surface area contributed by atoms with Gasteiger partial charge < -0.3 is 24.6 Å². The third kappa shape index (κ3) is 4.69. The second-order valence-electron chi connectivity index (χ2n) is 5.99. The summed E-state index contributed by atoms with van der Waals surface area (Å²) in [6.07, 6.45) is 1.83. The zero-order valence-corrected chi connectivity index (χ0v) is 16.1. The largest absolute Gasteiger partial charge is 0.493 e. The number of methoxy groups -OCH3 is 2. The zero-order chi connectivity index (χ0) is 20.8. The zero-order valence-electron chi connectivity index (χ0n) is 16.1. The molecule has 0 bridgehead atoms. The van der Waals surface area contributed by atoms with E-state index in [-0.39, 0.29) is 17.3 Å². The van der Waals surface area contributed by atoms with Crippen LogP contribution in [0, 0.1) is 17.0 Å². The highest BCUT2D eigenvalue weighted by Gasteiger charge is 2.23. The summed E-state index contributed by atoms with van der Waals surface area (Å²) in [6.45, 7) is 2.13. The van der Waals surface area contributed by atoms with Crippen molar-refractivity contribution in [2.75, 3.05) is 31.4 Å². The van der Waals surface area contributed by atoms with Gasteiger partial charge in [0.25, 0.3) is 0 Å². The molecule has 2 N–H and O–H groups in total. The summed E-state index contributed by atoms with van der Waals surface area (Å²) in [6, 6.07) is 7.17. The van der Waals surface area contributed by atoms with Gasteiger partial charge >= 0.3 is 5.69 Å². The molecule has 2 aromatic heterocycles. The first-order chi connectivity index (χ1) is 14.0. The molecule has 29 heavy (non-hydrogen) atoms. The fraction of sp³-hybridized carbons (Fsp3) is 0.278. The Bertz CT molecular complexity index is 1010. The number of anilines is 3. The van der Waals surface area contributed by atoms with Crippen molar-refractivity contribution < 1.29 is 18.9 Å². The molecule has 0 spiro atoms. The maximum Gasteiger partial charge on any atom is 0.353 e. The Morgan fingerprint density at radius 1 is 1.14 bits per heavy atom. The highest BCUT2D eigenvalue weighted by Crippen LogP contribution is 2.31. The summed E-state index contributed by atoms with van der Waals surface area (Å²) in [7, 11) is 3.13. The molecule has 11 heteroatoms. The number of hydrogen-bond acceptors (Lipinski definition) is 10. The minimum Gasteiger partial charge on any atom is -0.493 e. The van der Waals surface area contributed by atoms with Gasteiger partial charge in [0.05, 0.1) is 19.1 Å². The van der Waals surface area contributed by atoms with Gasteiger partial charge in [-0.25, -0.2) is 9.97 Å². The van der Waals surface area contributed by atoms with Crippen LogP contribution in [-0.2, 0) is 6.42 Å². The molecular formula is C18H20N6O5. The second kappa shape index (κ2) is 8.87. The van der Waals surface area contributed by atoms with Crippen LogP contribution in [-0.4, -0.2) is 40.8 Å². The van der Waals surface area contributed by atoms with Gasteiger partial charge in [0.15, 0.2) is 17.3 Å². The number of aryl methyl sites for hydroxylation is 1. The molecule has 0 saturated carbocycles. The van der Waals surface area contributed by atoms with E-state index in [4.69, 9.17) is 14.0 Å². The molecule has 3 rings (SSSR count). The van der Waals surface area contributed by atoms with Gasteiger partial charge in [-0.1, -0.05) is 11.2 Å². The van der Waals surface area contributed by atoms with Gasteiger partial charge in [-0.3, -0.25) is 10.1 Å². The van der Waals surface area contributed by atoms with E-state index in [1.807, 2.05) is 18.2 Å². The molecule has 2 heterocycles. The van der Waals surface area contributed by atoms with Crippen LogP contribution >= 0.6 is 0 Å². The minimum atomic E-state index is -0.548. The minimum absolute atomic E-state index is 0.0203. The van der Waals surface area contributed by atoms with Crippen molar-refractivity contribution in [2.24, 2.45) is 0 Å². The van der Waals surface area contributed by atoms with Crippen molar-refractivity contribution in [3.63, 3.8) is 0 Å². The quantitative estimate of drug-likeness (QED) is 0.407. The lowest BCUT2D eigenvalue weighted by Gasteiger charge is -2.11. The molecule has 0 aliphatic carbocycles. The first-order valence-corrected chi connectivity index (χ1v) is 8.66. The number of nitro groups is 1. The van der Waals surface area contributed by atoms with E-state index in [0.717, 1.165) is 5.56 Å². The Hall–Kier alpha value is -3.89. The van der Waals surface area contributed by atoms with Crippen molar-refractivity contribution in [1.82, 2.24) is 15.1 Å². The first kappa shape index (κ1) is 19.9. The van der Waals surface area contributed by atoms with Gasteiger partial charge in [-0.15, -0.1) is 0 Å². The predicted molar refractivity (Wildman–Crippen MR) is 105 cm³/mol. The number of nitrogens with zero attached hydrogens (tertiary/aromatic N) is 4. The average Bonchev–Trinajstić information content (AvgIpc) is 3.12. The Labute approximate surface area is 166 Å². The van der Waals surface area contributed by atoms with Crippen molar-refractivity contribution in [2.45, 2.75) is 13.3 Å². The monoisotopic (exact) mass is 400 g/mol. The van der Waals surface area contributed by atoms with E-state index in [9.17, 15) is 10.1 Å². The predicted octanol–water partition coefficient (Wildman–Crippen LogP) is 3.10. The van der Waals surface area contributed by atoms with Gasteiger partial charge in [-0.2, -0.15) is 0 Å². The van der Waals surface area contributed by atoms with E-state index in [2.05, 4.69) is 25.8 Å². The molecule has 0 aliphatic heterocycles. The molecule has 0 aliphatic rings. The SMILES string of the molecule is COc1ccc(CCNc2ncnc(Nc3cc(C)on3)c2[N+](=O)[O-])cc1OC. The highest BCUT2D eigenvalue weighted by atomic mass is 16.6. The number of hydrogen-bond donors (Lipinski definition) is 2. The van der Waals surface area contributed by atoms with Crippen LogP contribution in [0.3, 0.4) is 0 Å². The number of rotatable bonds is 9. The van der Waals surface area contributed by atoms with Crippen LogP contribution < -0.4 is 20.1 Å². The lowest BCUT2D eigenvalue weighted by molar-refractivity contribution is -0.383. The number of aromatic nitrogens is 3. The average molecular weight is 400 g/mol. The number of benzene rings is 1. The molecule has 0 amide bonds. The van der Waals surface area contributed by atoms with Crippen LogP contribution in [0.4, 0.5) is 23.1 Å². The summed E-state index contributed by atoms with van der Waals surface area (Å²) < 4.78 is 15.5. The molecule has 1 aromatic carbocycles. The van der Waals surface area contributed by atoms with Gasteiger partial charge in [-0.05, 0) is 31.0 Å². The van der Waals surface area contributed by atoms with Crippen molar-refractivity contribution in [3.05, 3.63) is 52.0 Å². The summed E-state index contributed by atoms with van der Waals surface area (Å²) in [5.41, 5.74) is 0.698. The summed E-state index contributed by atoms with van der Waals surface area (Å²) in [5.74, 6) is 2.26. The molecule has 0 radical (unpaired) electrons. The summed E-state index contributed by atoms with van der Waals surface area (Å²) in [4.78, 5) is 19.0. The number of ether oxygens (including phenoxy) is 2. The summed E-state index contributed by atoms with van der Waals surface area (Å²) >= 11 is 0. The number of nitrogens with one attached hydrogen (secondary N) is 2. The molecule has 0 fully saturated rings. The van der Waals surface area contributed by atoms with E-state index in [1.165, 1.54) is 6.33 Å². The Kier molecular flexibility index (Phi) is 6.07. The topological polar surface area (TPSA) is 137 Å². The maximum atomic E-state index is 11.6. The normalized spacial score (nSPS) is 10.4. The molecule has 3 aromatic rings. The van der Waals surface area contributed by atoms with Gasteiger partial charge in [0.2, 0.25) is 11.6 Å². The van der Waals surface area contributed by atoms with Crippen LogP contribution in [0.15, 0.2) is 35.1 Å². The van der Waals surface area contributed by atoms with Crippen molar-refractivity contribution >= 4 is 23.1 Å². The second-order valence-corrected chi connectivity index (χ2v) is 5.99. The molecule has 0 saturated heterocycles. The Balaban J connectivity index is 1.73. The first-order valence-electron chi connectivity index (χ1n) is 8.66. The highest BCUT2D eigenvalue weighted by molar-refractivity contribution is 5.72. The van der Waals surface area contributed by atoms with Crippen molar-refractivity contribution in [3.8, 4) is 11.5 Å². The van der Waals surface area contributed by atoms with Crippen LogP contribution in [0.2, 0.25) is 0 Å². The smallest absolute Gasteiger partial charge is 0.353 e. The summed E-state index contributed by atoms with van der Waals surface area (Å²) in [5, 5.41) is 21.1. The van der Waals surface area contributed by atoms with Gasteiger partial charge in [0.1, 0.15) is 12.1 Å². The molecule has 0 atom stereocenters. The molecule has 11 nitrogen and oxygen atoms in total. The van der Waals surface area contributed by atoms with E-state index >= 15 is 0 Å². The standard InChI is InChI=1S/C18H20N6O5/c1-11-8-15(23-29-11)22-18-16(24(25)26)17(20-10-21-18)19-7-6-12-4-5-13(27-2)14(9-12)28-3/h4-5,8-10H,6-7H2,1-3H3,(H2,19,20,21,22,23). The van der Waals surface area contributed by atoms with Crippen LogP contribution in [0.25, 0.3) is 0 Å². The third-order valence-electron chi connectivity index (χ3n) is 4.03. The molecule has 152 valence electrons. The van der Waals surface area contributed by atoms with Crippen LogP contribution in [0.5, 0.6) is 11.5 Å². The van der Waals surface area contributed by atoms with E-state index < -0.39 is 4.92 Å². The lowest BCUT2D eigenvalue weighted by Crippen LogP contribution is -2.11. The Morgan fingerprint density at radius 2 is 1.90 bits per heavy atom. The van der Waals surface area contributed by atoms with Gasteiger partial charge in [0, 0.05) is 12.6 Å². The van der Waals surface area contributed by atoms with Crippen LogP contribution in [0.1, 0.15) is 11.3 Å². The molecule has 0 unspecified atom stereocenters. The Morgan fingerprint density at radius 3 is 2.55 bits per heavy atom. The fourth-order valence-electron chi connectivity index (χ4n) is 2.68. The van der Waals surface area contributed by atoms with E-state index in [0.29, 0.717) is 36.0 Å². The van der Waals surface area contributed by atoms with E-state index in [1.54, 1.807) is 27.2 Å². The molecular weight excluding hydrogens is 380 g/mol. The third-order valence-corrected chi connectivity index (χ3v) is 4.03. The lowest BCUT2D eigenvalue weighted by atomic mass is 10.1. The fourth-order valence-corrected chi connectivity index (χ4v) is 2.68. The van der Waals surface area contributed by atoms with Crippen molar-refractivity contribution in [1.29, 1.82) is 0 Å².